The molecule has 0 fully saturated rings. The number of rotatable bonds is 1. The number of aromatic nitrogens is 1. The van der Waals surface area contributed by atoms with Crippen molar-refractivity contribution in [2.45, 2.75) is 9.90 Å². The summed E-state index contributed by atoms with van der Waals surface area (Å²) >= 11 is 18.1. The van der Waals surface area contributed by atoms with Gasteiger partial charge in [-0.25, -0.2) is 4.98 Å². The number of halogens is 3. The molecule has 0 bridgehead atoms. The molecule has 6 heteroatoms. The van der Waals surface area contributed by atoms with Crippen LogP contribution in [0.4, 0.5) is 0 Å². The first kappa shape index (κ1) is 11.4. The van der Waals surface area contributed by atoms with E-state index in [9.17, 15) is 5.11 Å². The molecule has 1 aromatic carbocycles. The predicted molar refractivity (Wildman–Crippen MR) is 64.9 cm³/mol. The molecule has 2 aromatic rings. The molecule has 80 valence electrons. The summed E-state index contributed by atoms with van der Waals surface area (Å²) in [5, 5.41) is 10.1. The van der Waals surface area contributed by atoms with Gasteiger partial charge in [0.05, 0.1) is 10.2 Å². The predicted octanol–water partition coefficient (Wildman–Crippen LogP) is 3.70. The van der Waals surface area contributed by atoms with Gasteiger partial charge in [0.1, 0.15) is 5.01 Å². The highest BCUT2D eigenvalue weighted by Crippen LogP contribution is 2.41. The number of hydrogen-bond acceptors (Lipinski definition) is 3. The third-order valence-electron chi connectivity index (χ3n) is 1.85. The largest absolute Gasteiger partial charge is 0.381 e. The molecule has 2 nitrogen and oxygen atoms in total. The monoisotopic (exact) mass is 281 g/mol. The molecule has 0 amide bonds. The first-order valence-corrected chi connectivity index (χ1v) is 6.04. The van der Waals surface area contributed by atoms with Gasteiger partial charge in [-0.3, -0.25) is 0 Å². The third kappa shape index (κ3) is 2.37. The quantitative estimate of drug-likeness (QED) is 0.809. The Labute approximate surface area is 105 Å². The zero-order chi connectivity index (χ0) is 11.1. The second-order valence-electron chi connectivity index (χ2n) is 2.96. The highest BCUT2D eigenvalue weighted by Gasteiger charge is 2.34. The molecule has 2 rings (SSSR count). The summed E-state index contributed by atoms with van der Waals surface area (Å²) in [6, 6.07) is 7.52. The van der Waals surface area contributed by atoms with Gasteiger partial charge < -0.3 is 5.11 Å². The van der Waals surface area contributed by atoms with E-state index in [1.165, 1.54) is 11.3 Å². The van der Waals surface area contributed by atoms with Crippen molar-refractivity contribution in [1.82, 2.24) is 4.98 Å². The molecule has 0 aliphatic heterocycles. The van der Waals surface area contributed by atoms with E-state index in [0.29, 0.717) is 5.01 Å². The summed E-state index contributed by atoms with van der Waals surface area (Å²) in [6.07, 6.45) is -1.19. The molecule has 0 aliphatic carbocycles. The van der Waals surface area contributed by atoms with Crippen molar-refractivity contribution in [1.29, 1.82) is 0 Å². The third-order valence-corrected chi connectivity index (χ3v) is 3.56. The Hall–Kier alpha value is -0.0600. The molecule has 1 atom stereocenters. The van der Waals surface area contributed by atoms with Crippen LogP contribution in [0.15, 0.2) is 24.3 Å². The number of nitrogens with zero attached hydrogens (tertiary/aromatic N) is 1. The minimum atomic E-state index is -1.74. The second-order valence-corrected chi connectivity index (χ2v) is 6.40. The smallest absolute Gasteiger partial charge is 0.222 e. The van der Waals surface area contributed by atoms with Gasteiger partial charge in [0.15, 0.2) is 6.10 Å². The van der Waals surface area contributed by atoms with Gasteiger partial charge in [0.2, 0.25) is 3.79 Å². The van der Waals surface area contributed by atoms with Crippen LogP contribution in [0.1, 0.15) is 11.1 Å². The Kier molecular flexibility index (Phi) is 3.10. The fourth-order valence-corrected chi connectivity index (χ4v) is 2.67. The lowest BCUT2D eigenvalue weighted by atomic mass is 10.3. The molecule has 0 saturated heterocycles. The molecule has 1 unspecified atom stereocenters. The van der Waals surface area contributed by atoms with Crippen molar-refractivity contribution in [3.63, 3.8) is 0 Å². The average Bonchev–Trinajstić information content (AvgIpc) is 2.58. The summed E-state index contributed by atoms with van der Waals surface area (Å²) in [6.45, 7) is 0. The maximum atomic E-state index is 9.71. The molecule has 1 N–H and O–H groups in total. The maximum absolute atomic E-state index is 9.71. The summed E-state index contributed by atoms with van der Waals surface area (Å²) in [5.41, 5.74) is 0.797. The normalized spacial score (nSPS) is 14.4. The van der Waals surface area contributed by atoms with Crippen molar-refractivity contribution >= 4 is 56.4 Å². The molecule has 0 spiro atoms. The van der Waals surface area contributed by atoms with Crippen LogP contribution in [0.5, 0.6) is 0 Å². The van der Waals surface area contributed by atoms with E-state index in [1.54, 1.807) is 0 Å². The Morgan fingerprint density at radius 3 is 2.53 bits per heavy atom. The number of aliphatic hydroxyl groups is 1. The molecule has 0 aliphatic rings. The zero-order valence-electron chi connectivity index (χ0n) is 7.32. The number of para-hydroxylation sites is 1. The lowest BCUT2D eigenvalue weighted by Crippen LogP contribution is -2.15. The van der Waals surface area contributed by atoms with Gasteiger partial charge in [-0.1, -0.05) is 46.9 Å². The molecular weight excluding hydrogens is 277 g/mol. The first-order chi connectivity index (χ1) is 6.98. The van der Waals surface area contributed by atoms with E-state index in [4.69, 9.17) is 34.8 Å². The van der Waals surface area contributed by atoms with Crippen LogP contribution in [0.25, 0.3) is 10.2 Å². The minimum Gasteiger partial charge on any atom is -0.381 e. The van der Waals surface area contributed by atoms with Crippen LogP contribution < -0.4 is 0 Å². The van der Waals surface area contributed by atoms with Gasteiger partial charge >= 0.3 is 0 Å². The number of benzene rings is 1. The van der Waals surface area contributed by atoms with E-state index < -0.39 is 9.90 Å². The summed E-state index contributed by atoms with van der Waals surface area (Å²) in [5.74, 6) is 0. The number of thiazole rings is 1. The Balaban J connectivity index is 2.45. The van der Waals surface area contributed by atoms with Gasteiger partial charge in [0, 0.05) is 0 Å². The summed E-state index contributed by atoms with van der Waals surface area (Å²) in [7, 11) is 0. The number of alkyl halides is 3. The van der Waals surface area contributed by atoms with Gasteiger partial charge in [-0.05, 0) is 12.1 Å². The highest BCUT2D eigenvalue weighted by molar-refractivity contribution is 7.18. The Bertz CT molecular complexity index is 446. The fraction of sp³-hybridized carbons (Fsp3) is 0.222. The average molecular weight is 283 g/mol. The molecular formula is C9H6Cl3NOS. The Morgan fingerprint density at radius 2 is 1.93 bits per heavy atom. The van der Waals surface area contributed by atoms with Crippen molar-refractivity contribution < 1.29 is 5.11 Å². The van der Waals surface area contributed by atoms with E-state index in [1.807, 2.05) is 24.3 Å². The van der Waals surface area contributed by atoms with Crippen LogP contribution in [0, 0.1) is 0 Å². The van der Waals surface area contributed by atoms with Crippen LogP contribution >= 0.6 is 46.1 Å². The standard InChI is InChI=1S/C9H6Cl3NOS/c10-9(11,12)7(14)8-13-5-3-1-2-4-6(5)15-8/h1-4,7,14H. The highest BCUT2D eigenvalue weighted by atomic mass is 35.6. The van der Waals surface area contributed by atoms with E-state index in [2.05, 4.69) is 4.98 Å². The van der Waals surface area contributed by atoms with E-state index in [-0.39, 0.29) is 0 Å². The zero-order valence-corrected chi connectivity index (χ0v) is 10.4. The molecule has 0 saturated carbocycles. The fourth-order valence-electron chi connectivity index (χ4n) is 1.15. The number of fused-ring (bicyclic) bond motifs is 1. The molecule has 15 heavy (non-hydrogen) atoms. The van der Waals surface area contributed by atoms with Crippen molar-refractivity contribution in [3.05, 3.63) is 29.3 Å². The lowest BCUT2D eigenvalue weighted by molar-refractivity contribution is 0.182. The van der Waals surface area contributed by atoms with Crippen molar-refractivity contribution in [2.75, 3.05) is 0 Å². The van der Waals surface area contributed by atoms with Gasteiger partial charge in [0.25, 0.3) is 0 Å². The van der Waals surface area contributed by atoms with Gasteiger partial charge in [-0.15, -0.1) is 11.3 Å². The van der Waals surface area contributed by atoms with Gasteiger partial charge in [-0.2, -0.15) is 0 Å². The second kappa shape index (κ2) is 4.07. The molecule has 0 radical (unpaired) electrons. The van der Waals surface area contributed by atoms with Crippen LogP contribution in [0.3, 0.4) is 0 Å². The van der Waals surface area contributed by atoms with Crippen LogP contribution in [-0.2, 0) is 0 Å². The molecule has 1 aromatic heterocycles. The number of hydrogen-bond donors (Lipinski definition) is 1. The lowest BCUT2D eigenvalue weighted by Gasteiger charge is -2.15. The van der Waals surface area contributed by atoms with Crippen molar-refractivity contribution in [3.8, 4) is 0 Å². The Morgan fingerprint density at radius 1 is 1.27 bits per heavy atom. The maximum Gasteiger partial charge on any atom is 0.222 e. The summed E-state index contributed by atoms with van der Waals surface area (Å²) in [4.78, 5) is 4.19. The van der Waals surface area contributed by atoms with Crippen molar-refractivity contribution in [2.24, 2.45) is 0 Å². The number of aliphatic hydroxyl groups excluding tert-OH is 1. The van der Waals surface area contributed by atoms with Crippen LogP contribution in [0.2, 0.25) is 0 Å². The minimum absolute atomic E-state index is 0.413. The summed E-state index contributed by atoms with van der Waals surface area (Å²) < 4.78 is -0.783. The topological polar surface area (TPSA) is 33.1 Å². The molecule has 1 heterocycles. The first-order valence-electron chi connectivity index (χ1n) is 4.09. The SMILES string of the molecule is OC(c1nc2ccccc2s1)C(Cl)(Cl)Cl. The van der Waals surface area contributed by atoms with E-state index in [0.717, 1.165) is 10.2 Å². The van der Waals surface area contributed by atoms with E-state index >= 15 is 0 Å². The van der Waals surface area contributed by atoms with Crippen LogP contribution in [-0.4, -0.2) is 13.9 Å².